The van der Waals surface area contributed by atoms with Crippen molar-refractivity contribution in [2.45, 2.75) is 130 Å². The molecule has 0 bridgehead atoms. The lowest BCUT2D eigenvalue weighted by Crippen LogP contribution is -2.58. The third-order valence-electron chi connectivity index (χ3n) is 13.4. The lowest BCUT2D eigenvalue weighted by molar-refractivity contribution is -0.189. The lowest BCUT2D eigenvalue weighted by atomic mass is 9.41. The number of allylic oxidation sites excluding steroid dienone is 2. The van der Waals surface area contributed by atoms with E-state index in [1.165, 1.54) is 25.7 Å². The predicted molar refractivity (Wildman–Crippen MR) is 146 cm³/mol. The van der Waals surface area contributed by atoms with E-state index < -0.39 is 11.7 Å². The van der Waals surface area contributed by atoms with E-state index >= 15 is 0 Å². The van der Waals surface area contributed by atoms with Crippen molar-refractivity contribution in [1.82, 2.24) is 0 Å². The number of aliphatic hydroxyl groups is 2. The Morgan fingerprint density at radius 1 is 1.03 bits per heavy atom. The fourth-order valence-corrected chi connectivity index (χ4v) is 10.5. The van der Waals surface area contributed by atoms with Gasteiger partial charge in [0.1, 0.15) is 6.10 Å². The minimum Gasteiger partial charge on any atom is -0.393 e. The fourth-order valence-electron chi connectivity index (χ4n) is 10.5. The van der Waals surface area contributed by atoms with Gasteiger partial charge in [0.05, 0.1) is 17.8 Å². The first-order valence-electron chi connectivity index (χ1n) is 15.0. The zero-order valence-corrected chi connectivity index (χ0v) is 25.0. The Morgan fingerprint density at radius 2 is 1.73 bits per heavy atom. The Hall–Kier alpha value is -0.460. The second-order valence-corrected chi connectivity index (χ2v) is 15.2. The summed E-state index contributed by atoms with van der Waals surface area (Å²) >= 11 is 0. The molecule has 0 aromatic heterocycles. The molecule has 11 atom stereocenters. The van der Waals surface area contributed by atoms with Crippen molar-refractivity contribution in [2.75, 3.05) is 14.2 Å². The highest BCUT2D eigenvalue weighted by atomic mass is 16.7. The molecule has 0 unspecified atom stereocenters. The lowest BCUT2D eigenvalue weighted by Gasteiger charge is -2.64. The molecule has 4 aliphatic carbocycles. The van der Waals surface area contributed by atoms with Crippen LogP contribution in [0.5, 0.6) is 0 Å². The first-order valence-corrected chi connectivity index (χ1v) is 15.0. The van der Waals surface area contributed by atoms with Crippen LogP contribution in [0.1, 0.15) is 99.8 Å². The van der Waals surface area contributed by atoms with E-state index in [9.17, 15) is 10.2 Å². The number of hydrogen-bond acceptors (Lipinski definition) is 5. The number of aliphatic hydroxyl groups excluding tert-OH is 2. The van der Waals surface area contributed by atoms with E-state index in [-0.39, 0.29) is 46.1 Å². The number of ether oxygens (including phenoxy) is 3. The van der Waals surface area contributed by atoms with Gasteiger partial charge in [0.15, 0.2) is 6.29 Å². The molecule has 212 valence electrons. The zero-order chi connectivity index (χ0) is 27.2. The summed E-state index contributed by atoms with van der Waals surface area (Å²) < 4.78 is 17.9. The molecule has 2 N–H and O–H groups in total. The molecule has 0 amide bonds. The van der Waals surface area contributed by atoms with Crippen LogP contribution in [-0.2, 0) is 14.2 Å². The number of fused-ring (bicyclic) bond motifs is 5. The largest absolute Gasteiger partial charge is 0.393 e. The first-order chi connectivity index (χ1) is 17.2. The molecule has 1 saturated heterocycles. The smallest absolute Gasteiger partial charge is 0.160 e. The van der Waals surface area contributed by atoms with Gasteiger partial charge in [0, 0.05) is 20.1 Å². The molecular weight excluding hydrogens is 464 g/mol. The maximum Gasteiger partial charge on any atom is 0.160 e. The highest BCUT2D eigenvalue weighted by Crippen LogP contribution is 2.73. The van der Waals surface area contributed by atoms with Gasteiger partial charge in [-0.3, -0.25) is 0 Å². The molecule has 5 nitrogen and oxygen atoms in total. The molecule has 5 aliphatic rings. The van der Waals surface area contributed by atoms with E-state index in [1.807, 2.05) is 13.8 Å². The molecule has 3 saturated carbocycles. The molecule has 0 radical (unpaired) electrons. The summed E-state index contributed by atoms with van der Waals surface area (Å²) in [5.41, 5.74) is 1.65. The van der Waals surface area contributed by atoms with Crippen LogP contribution >= 0.6 is 0 Å². The number of rotatable bonds is 5. The molecule has 5 heteroatoms. The number of hydrogen-bond donors (Lipinski definition) is 2. The molecule has 1 aliphatic heterocycles. The van der Waals surface area contributed by atoms with Gasteiger partial charge in [-0.15, -0.1) is 0 Å². The Labute approximate surface area is 225 Å². The molecule has 4 fully saturated rings. The average molecular weight is 519 g/mol. The van der Waals surface area contributed by atoms with E-state index in [4.69, 9.17) is 14.2 Å². The zero-order valence-electron chi connectivity index (χ0n) is 25.0. The van der Waals surface area contributed by atoms with Crippen molar-refractivity contribution in [3.05, 3.63) is 11.6 Å². The average Bonchev–Trinajstić information content (AvgIpc) is 3.39. The van der Waals surface area contributed by atoms with Crippen molar-refractivity contribution in [1.29, 1.82) is 0 Å². The monoisotopic (exact) mass is 518 g/mol. The summed E-state index contributed by atoms with van der Waals surface area (Å²) in [5, 5.41) is 22.0. The topological polar surface area (TPSA) is 68.2 Å². The van der Waals surface area contributed by atoms with Gasteiger partial charge >= 0.3 is 0 Å². The summed E-state index contributed by atoms with van der Waals surface area (Å²) in [6.45, 7) is 16.1. The Morgan fingerprint density at radius 3 is 2.38 bits per heavy atom. The Kier molecular flexibility index (Phi) is 6.85. The fraction of sp³-hybridized carbons (Fsp3) is 0.938. The van der Waals surface area contributed by atoms with E-state index in [1.54, 1.807) is 19.8 Å². The quantitative estimate of drug-likeness (QED) is 0.430. The molecule has 0 spiro atoms. The Balaban J connectivity index is 1.44. The second-order valence-electron chi connectivity index (χ2n) is 15.2. The van der Waals surface area contributed by atoms with Gasteiger partial charge < -0.3 is 24.4 Å². The molecule has 37 heavy (non-hydrogen) atoms. The van der Waals surface area contributed by atoms with Crippen molar-refractivity contribution >= 4 is 0 Å². The molecule has 5 rings (SSSR count). The summed E-state index contributed by atoms with van der Waals surface area (Å²) in [4.78, 5) is 0. The van der Waals surface area contributed by atoms with Gasteiger partial charge in [-0.05, 0) is 105 Å². The molecular formula is C32H54O5. The molecule has 1 heterocycles. The summed E-state index contributed by atoms with van der Waals surface area (Å²) in [6.07, 6.45) is 10.0. The Bertz CT molecular complexity index is 911. The predicted octanol–water partition coefficient (Wildman–Crippen LogP) is 6.12. The van der Waals surface area contributed by atoms with Gasteiger partial charge in [0.25, 0.3) is 0 Å². The van der Waals surface area contributed by atoms with Crippen molar-refractivity contribution in [3.63, 3.8) is 0 Å². The molecule has 0 aromatic carbocycles. The van der Waals surface area contributed by atoms with Crippen LogP contribution < -0.4 is 0 Å². The van der Waals surface area contributed by atoms with Gasteiger partial charge in [-0.2, -0.15) is 0 Å². The van der Waals surface area contributed by atoms with Crippen LogP contribution in [0.3, 0.4) is 0 Å². The standard InChI is InChI=1S/C32H54O5/c1-28(2)24-11-10-22-21(30(24,5)15-14-25(28)33)13-17-31(6)20(12-16-32(22,31)7)19-18-23(37-27(19)35-8)26(34)29(3,4)36-9/h10,19-21,23-27,33-34H,11-18H2,1-9H3/t19-,20+,21+,23-,24+,25-,26+,27-,30-,31-,32+/m1/s1. The third kappa shape index (κ3) is 3.80. The van der Waals surface area contributed by atoms with Crippen molar-refractivity contribution < 1.29 is 24.4 Å². The van der Waals surface area contributed by atoms with Crippen LogP contribution in [0.2, 0.25) is 0 Å². The second kappa shape index (κ2) is 9.03. The highest BCUT2D eigenvalue weighted by molar-refractivity contribution is 5.33. The van der Waals surface area contributed by atoms with Crippen LogP contribution in [0.25, 0.3) is 0 Å². The summed E-state index contributed by atoms with van der Waals surface area (Å²) in [6, 6.07) is 0. The number of methoxy groups -OCH3 is 2. The first kappa shape index (κ1) is 28.1. The van der Waals surface area contributed by atoms with E-state index in [2.05, 4.69) is 40.7 Å². The SMILES string of the molecule is CO[C@@H]1O[C@@H]([C@H](O)C(C)(C)OC)C[C@@H]1[C@@H]1CC[C@@]2(C)C3=CC[C@H]4C(C)(C)[C@H](O)CC[C@]4(C)[C@H]3CC[C@]12C. The van der Waals surface area contributed by atoms with Crippen LogP contribution in [0.4, 0.5) is 0 Å². The normalized spacial score (nSPS) is 50.1. The van der Waals surface area contributed by atoms with Gasteiger partial charge in [-0.25, -0.2) is 0 Å². The van der Waals surface area contributed by atoms with Crippen LogP contribution in [0.15, 0.2) is 11.6 Å². The summed E-state index contributed by atoms with van der Waals surface area (Å²) in [7, 11) is 3.41. The van der Waals surface area contributed by atoms with Crippen molar-refractivity contribution in [3.8, 4) is 0 Å². The van der Waals surface area contributed by atoms with Gasteiger partial charge in [-0.1, -0.05) is 46.3 Å². The van der Waals surface area contributed by atoms with Crippen LogP contribution in [-0.4, -0.2) is 54.6 Å². The van der Waals surface area contributed by atoms with Crippen molar-refractivity contribution in [2.24, 2.45) is 45.3 Å². The minimum absolute atomic E-state index is 0.0341. The maximum atomic E-state index is 11.1. The third-order valence-corrected chi connectivity index (χ3v) is 13.4. The molecule has 0 aromatic rings. The highest BCUT2D eigenvalue weighted by Gasteiger charge is 2.66. The van der Waals surface area contributed by atoms with E-state index in [0.29, 0.717) is 17.8 Å². The maximum absolute atomic E-state index is 11.1. The van der Waals surface area contributed by atoms with E-state index in [0.717, 1.165) is 25.7 Å². The van der Waals surface area contributed by atoms with Gasteiger partial charge in [0.2, 0.25) is 0 Å². The minimum atomic E-state index is -0.695. The van der Waals surface area contributed by atoms with Crippen LogP contribution in [0, 0.1) is 45.3 Å². The summed E-state index contributed by atoms with van der Waals surface area (Å²) in [5.74, 6) is 1.93.